The third-order valence-electron chi connectivity index (χ3n) is 1.54. The van der Waals surface area contributed by atoms with Gasteiger partial charge in [0.05, 0.1) is 17.7 Å². The van der Waals surface area contributed by atoms with Crippen LogP contribution in [0.25, 0.3) is 0 Å². The summed E-state index contributed by atoms with van der Waals surface area (Å²) in [6.07, 6.45) is 0.139. The minimum Gasteiger partial charge on any atom is -0.389 e. The molecule has 0 aromatic heterocycles. The summed E-state index contributed by atoms with van der Waals surface area (Å²) in [5.41, 5.74) is 2.03. The zero-order chi connectivity index (χ0) is 9.07. The molecule has 0 bridgehead atoms. The fourth-order valence-electron chi connectivity index (χ4n) is 0.382. The van der Waals surface area contributed by atoms with Crippen molar-refractivity contribution in [2.24, 2.45) is 0 Å². The van der Waals surface area contributed by atoms with Gasteiger partial charge in [-0.25, -0.2) is 0 Å². The summed E-state index contributed by atoms with van der Waals surface area (Å²) >= 11 is 0. The second kappa shape index (κ2) is 4.04. The second-order valence-corrected chi connectivity index (χ2v) is 3.66. The maximum absolute atomic E-state index is 9.46. The minimum atomic E-state index is -0.741. The Kier molecular flexibility index (Phi) is 4.00. The van der Waals surface area contributed by atoms with Crippen molar-refractivity contribution in [1.82, 2.24) is 5.48 Å². The zero-order valence-electron chi connectivity index (χ0n) is 8.01. The van der Waals surface area contributed by atoms with E-state index in [1.165, 1.54) is 0 Å². The Balaban J connectivity index is 3.61. The molecule has 2 N–H and O–H groups in total. The number of rotatable bonds is 4. The number of nitrogens with one attached hydrogen (secondary N) is 1. The van der Waals surface area contributed by atoms with Crippen LogP contribution in [0.3, 0.4) is 0 Å². The molecule has 0 heterocycles. The lowest BCUT2D eigenvalue weighted by atomic mass is 10.0. The molecule has 0 aliphatic heterocycles. The highest BCUT2D eigenvalue weighted by Gasteiger charge is 2.22. The molecule has 0 aliphatic carbocycles. The second-order valence-electron chi connectivity index (χ2n) is 3.66. The van der Waals surface area contributed by atoms with E-state index in [0.29, 0.717) is 0 Å². The predicted molar refractivity (Wildman–Crippen MR) is 45.1 cm³/mol. The summed E-state index contributed by atoms with van der Waals surface area (Å²) in [7, 11) is 0. The molecule has 3 nitrogen and oxygen atoms in total. The van der Waals surface area contributed by atoms with Crippen molar-refractivity contribution in [1.29, 1.82) is 0 Å². The molecule has 0 aliphatic rings. The quantitative estimate of drug-likeness (QED) is 0.606. The van der Waals surface area contributed by atoms with E-state index in [1.54, 1.807) is 13.8 Å². The van der Waals surface area contributed by atoms with Gasteiger partial charge >= 0.3 is 0 Å². The van der Waals surface area contributed by atoms with Gasteiger partial charge in [-0.05, 0) is 34.6 Å². The molecule has 1 atom stereocenters. The van der Waals surface area contributed by atoms with Crippen LogP contribution >= 0.6 is 0 Å². The van der Waals surface area contributed by atoms with Crippen molar-refractivity contribution in [3.05, 3.63) is 0 Å². The largest absolute Gasteiger partial charge is 0.389 e. The van der Waals surface area contributed by atoms with Gasteiger partial charge in [0.15, 0.2) is 0 Å². The Bertz CT molecular complexity index is 107. The van der Waals surface area contributed by atoms with Crippen molar-refractivity contribution < 1.29 is 9.94 Å². The Morgan fingerprint density at radius 3 is 2.00 bits per heavy atom. The van der Waals surface area contributed by atoms with E-state index in [-0.39, 0.29) is 12.1 Å². The normalized spacial score (nSPS) is 15.5. The maximum Gasteiger partial charge on any atom is 0.0764 e. The molecule has 0 amide bonds. The molecule has 0 aromatic rings. The van der Waals surface area contributed by atoms with Gasteiger partial charge < -0.3 is 5.11 Å². The molecular weight excluding hydrogens is 142 g/mol. The minimum absolute atomic E-state index is 0.0649. The van der Waals surface area contributed by atoms with Crippen LogP contribution in [-0.4, -0.2) is 22.9 Å². The fraction of sp³-hybridized carbons (Fsp3) is 1.00. The van der Waals surface area contributed by atoms with Crippen LogP contribution in [0.5, 0.6) is 0 Å². The number of aliphatic hydroxyl groups is 1. The van der Waals surface area contributed by atoms with Crippen LogP contribution in [0.15, 0.2) is 0 Å². The first-order chi connectivity index (χ1) is 4.84. The van der Waals surface area contributed by atoms with E-state index in [9.17, 15) is 5.11 Å². The van der Waals surface area contributed by atoms with Crippen molar-refractivity contribution >= 4 is 0 Å². The standard InChI is InChI=1S/C8H19NO2/c1-6(2)11-9-7(3)8(4,5)10/h6-7,9-10H,1-5H3. The first-order valence-electron chi connectivity index (χ1n) is 3.97. The molecule has 0 aromatic carbocycles. The number of hydrogen-bond acceptors (Lipinski definition) is 3. The van der Waals surface area contributed by atoms with Gasteiger partial charge in [0.2, 0.25) is 0 Å². The Morgan fingerprint density at radius 1 is 1.27 bits per heavy atom. The lowest BCUT2D eigenvalue weighted by Crippen LogP contribution is -2.45. The molecule has 0 saturated heterocycles. The highest BCUT2D eigenvalue weighted by atomic mass is 16.7. The highest BCUT2D eigenvalue weighted by molar-refractivity contribution is 4.76. The van der Waals surface area contributed by atoms with Crippen LogP contribution < -0.4 is 5.48 Å². The third-order valence-corrected chi connectivity index (χ3v) is 1.54. The fourth-order valence-corrected chi connectivity index (χ4v) is 0.382. The first-order valence-corrected chi connectivity index (χ1v) is 3.97. The highest BCUT2D eigenvalue weighted by Crippen LogP contribution is 2.07. The van der Waals surface area contributed by atoms with Crippen molar-refractivity contribution in [2.75, 3.05) is 0 Å². The summed E-state index contributed by atoms with van der Waals surface area (Å²) in [5, 5.41) is 9.46. The van der Waals surface area contributed by atoms with Gasteiger partial charge in [0, 0.05) is 0 Å². The van der Waals surface area contributed by atoms with Gasteiger partial charge in [0.1, 0.15) is 0 Å². The van der Waals surface area contributed by atoms with Crippen LogP contribution in [0.2, 0.25) is 0 Å². The lowest BCUT2D eigenvalue weighted by molar-refractivity contribution is -0.0743. The van der Waals surface area contributed by atoms with E-state index in [4.69, 9.17) is 4.84 Å². The number of hydroxylamine groups is 1. The van der Waals surface area contributed by atoms with Gasteiger partial charge in [0.25, 0.3) is 0 Å². The summed E-state index contributed by atoms with van der Waals surface area (Å²) in [4.78, 5) is 5.12. The molecule has 11 heavy (non-hydrogen) atoms. The molecule has 68 valence electrons. The average Bonchev–Trinajstić information content (AvgIpc) is 1.80. The van der Waals surface area contributed by atoms with Gasteiger partial charge in [-0.15, -0.1) is 0 Å². The Hall–Kier alpha value is -0.120. The molecule has 3 heteroatoms. The van der Waals surface area contributed by atoms with Crippen LogP contribution in [0.4, 0.5) is 0 Å². The summed E-state index contributed by atoms with van der Waals surface area (Å²) < 4.78 is 0. The Labute approximate surface area is 68.7 Å². The third kappa shape index (κ3) is 5.18. The monoisotopic (exact) mass is 161 g/mol. The molecular formula is C8H19NO2. The van der Waals surface area contributed by atoms with Gasteiger partial charge in [-0.1, -0.05) is 0 Å². The van der Waals surface area contributed by atoms with Crippen molar-refractivity contribution in [2.45, 2.75) is 52.4 Å². The zero-order valence-corrected chi connectivity index (χ0v) is 8.01. The van der Waals surface area contributed by atoms with Crippen molar-refractivity contribution in [3.8, 4) is 0 Å². The van der Waals surface area contributed by atoms with E-state index < -0.39 is 5.60 Å². The number of hydrogen-bond donors (Lipinski definition) is 2. The Morgan fingerprint density at radius 2 is 1.73 bits per heavy atom. The van der Waals surface area contributed by atoms with Crippen LogP contribution in [0, 0.1) is 0 Å². The molecule has 0 rings (SSSR count). The van der Waals surface area contributed by atoms with Crippen LogP contribution in [-0.2, 0) is 4.84 Å². The summed E-state index contributed by atoms with van der Waals surface area (Å²) in [6, 6.07) is -0.0649. The molecule has 0 saturated carbocycles. The average molecular weight is 161 g/mol. The van der Waals surface area contributed by atoms with Gasteiger partial charge in [-0.2, -0.15) is 5.48 Å². The maximum atomic E-state index is 9.46. The SMILES string of the molecule is CC(C)ONC(C)C(C)(C)O. The first kappa shape index (κ1) is 10.9. The van der Waals surface area contributed by atoms with Crippen molar-refractivity contribution in [3.63, 3.8) is 0 Å². The van der Waals surface area contributed by atoms with Gasteiger partial charge in [-0.3, -0.25) is 4.84 Å². The molecule has 0 radical (unpaired) electrons. The predicted octanol–water partition coefficient (Wildman–Crippen LogP) is 1.08. The van der Waals surface area contributed by atoms with E-state index in [0.717, 1.165) is 0 Å². The van der Waals surface area contributed by atoms with E-state index >= 15 is 0 Å². The molecule has 0 spiro atoms. The molecule has 0 fully saturated rings. The van der Waals surface area contributed by atoms with Crippen LogP contribution in [0.1, 0.15) is 34.6 Å². The van der Waals surface area contributed by atoms with E-state index in [2.05, 4.69) is 5.48 Å². The van der Waals surface area contributed by atoms with E-state index in [1.807, 2.05) is 20.8 Å². The molecule has 1 unspecified atom stereocenters. The lowest BCUT2D eigenvalue weighted by Gasteiger charge is -2.26. The smallest absolute Gasteiger partial charge is 0.0764 e. The summed E-state index contributed by atoms with van der Waals surface area (Å²) in [5.74, 6) is 0. The summed E-state index contributed by atoms with van der Waals surface area (Å²) in [6.45, 7) is 9.24. The topological polar surface area (TPSA) is 41.5 Å².